The zero-order valence-corrected chi connectivity index (χ0v) is 13.9. The molecule has 1 aliphatic heterocycles. The van der Waals surface area contributed by atoms with Crippen molar-refractivity contribution in [3.05, 3.63) is 59.1 Å². The summed E-state index contributed by atoms with van der Waals surface area (Å²) in [6.07, 6.45) is 6.43. The third-order valence-corrected chi connectivity index (χ3v) is 4.14. The highest BCUT2D eigenvalue weighted by Gasteiger charge is 2.28. The number of carbonyl (C=O) groups excluding carboxylic acids is 1. The molecule has 7 heteroatoms. The summed E-state index contributed by atoms with van der Waals surface area (Å²) in [5, 5.41) is 6.48. The first kappa shape index (κ1) is 16.7. The Morgan fingerprint density at radius 2 is 2.12 bits per heavy atom. The summed E-state index contributed by atoms with van der Waals surface area (Å²) < 4.78 is 5.87. The molecule has 126 valence electrons. The highest BCUT2D eigenvalue weighted by Crippen LogP contribution is 2.29. The topological polar surface area (TPSA) is 76.1 Å². The number of rotatable bonds is 4. The van der Waals surface area contributed by atoms with Gasteiger partial charge in [-0.25, -0.2) is 4.79 Å². The second kappa shape index (κ2) is 8.08. The Kier molecular flexibility index (Phi) is 5.61. The summed E-state index contributed by atoms with van der Waals surface area (Å²) in [5.41, 5.74) is 1.72. The molecule has 2 atom stereocenters. The molecule has 1 aliphatic rings. The standard InChI is InChI=1S/C17H19ClN4O2/c18-13-5-3-12(4-6-13)16-15(2-1-9-24-16)22-17(23)21-11-14-10-19-7-8-20-14/h3-8,10,15-16H,1-2,9,11H2,(H2,21,22,23)/t15-,16+/m1/s1. The number of nitrogens with one attached hydrogen (secondary N) is 2. The van der Waals surface area contributed by atoms with Gasteiger partial charge < -0.3 is 15.4 Å². The van der Waals surface area contributed by atoms with Crippen molar-refractivity contribution in [3.8, 4) is 0 Å². The van der Waals surface area contributed by atoms with Gasteiger partial charge in [-0.1, -0.05) is 23.7 Å². The van der Waals surface area contributed by atoms with Crippen LogP contribution in [0.5, 0.6) is 0 Å². The predicted molar refractivity (Wildman–Crippen MR) is 90.6 cm³/mol. The van der Waals surface area contributed by atoms with Crippen molar-refractivity contribution >= 4 is 17.6 Å². The number of hydrogen-bond acceptors (Lipinski definition) is 4. The fraction of sp³-hybridized carbons (Fsp3) is 0.353. The number of ether oxygens (including phenoxy) is 1. The summed E-state index contributed by atoms with van der Waals surface area (Å²) in [6, 6.07) is 7.21. The summed E-state index contributed by atoms with van der Waals surface area (Å²) in [6.45, 7) is 1.02. The normalized spacial score (nSPS) is 20.4. The maximum Gasteiger partial charge on any atom is 0.315 e. The maximum atomic E-state index is 12.2. The molecule has 0 unspecified atom stereocenters. The van der Waals surface area contributed by atoms with Crippen molar-refractivity contribution in [2.75, 3.05) is 6.61 Å². The third-order valence-electron chi connectivity index (χ3n) is 3.88. The Labute approximate surface area is 145 Å². The van der Waals surface area contributed by atoms with Gasteiger partial charge in [-0.05, 0) is 30.5 Å². The van der Waals surface area contributed by atoms with Gasteiger partial charge in [0.2, 0.25) is 0 Å². The molecule has 3 rings (SSSR count). The van der Waals surface area contributed by atoms with Gasteiger partial charge in [0, 0.05) is 24.0 Å². The number of aromatic nitrogens is 2. The zero-order chi connectivity index (χ0) is 16.8. The number of benzene rings is 1. The molecule has 2 heterocycles. The molecule has 2 N–H and O–H groups in total. The molecule has 2 aromatic rings. The monoisotopic (exact) mass is 346 g/mol. The Morgan fingerprint density at radius 3 is 2.88 bits per heavy atom. The van der Waals surface area contributed by atoms with Gasteiger partial charge in [-0.15, -0.1) is 0 Å². The second-order valence-electron chi connectivity index (χ2n) is 5.62. The van der Waals surface area contributed by atoms with Crippen LogP contribution in [0.15, 0.2) is 42.9 Å². The molecule has 1 fully saturated rings. The SMILES string of the molecule is O=C(NCc1cnccn1)N[C@@H]1CCCO[C@H]1c1ccc(Cl)cc1. The van der Waals surface area contributed by atoms with Crippen molar-refractivity contribution in [2.24, 2.45) is 0 Å². The molecule has 0 saturated carbocycles. The van der Waals surface area contributed by atoms with E-state index in [2.05, 4.69) is 20.6 Å². The molecular weight excluding hydrogens is 328 g/mol. The average molecular weight is 347 g/mol. The van der Waals surface area contributed by atoms with Crippen LogP contribution < -0.4 is 10.6 Å². The highest BCUT2D eigenvalue weighted by atomic mass is 35.5. The lowest BCUT2D eigenvalue weighted by molar-refractivity contribution is -0.00743. The lowest BCUT2D eigenvalue weighted by Crippen LogP contribution is -2.47. The van der Waals surface area contributed by atoms with Crippen LogP contribution >= 0.6 is 11.6 Å². The van der Waals surface area contributed by atoms with Crippen LogP contribution in [-0.2, 0) is 11.3 Å². The predicted octanol–water partition coefficient (Wildman–Crippen LogP) is 2.85. The number of carbonyl (C=O) groups is 1. The number of nitrogens with zero attached hydrogens (tertiary/aromatic N) is 2. The largest absolute Gasteiger partial charge is 0.371 e. The number of urea groups is 1. The van der Waals surface area contributed by atoms with Gasteiger partial charge >= 0.3 is 6.03 Å². The van der Waals surface area contributed by atoms with E-state index < -0.39 is 0 Å². The van der Waals surface area contributed by atoms with Crippen LogP contribution in [0.4, 0.5) is 4.79 Å². The Morgan fingerprint density at radius 1 is 1.29 bits per heavy atom. The van der Waals surface area contributed by atoms with Crippen LogP contribution in [0, 0.1) is 0 Å². The average Bonchev–Trinajstić information content (AvgIpc) is 2.62. The Bertz CT molecular complexity index is 666. The summed E-state index contributed by atoms with van der Waals surface area (Å²) in [7, 11) is 0. The summed E-state index contributed by atoms with van der Waals surface area (Å²) in [5.74, 6) is 0. The lowest BCUT2D eigenvalue weighted by atomic mass is 9.96. The molecule has 1 aromatic carbocycles. The van der Waals surface area contributed by atoms with E-state index in [4.69, 9.17) is 16.3 Å². The molecule has 6 nitrogen and oxygen atoms in total. The molecule has 2 amide bonds. The fourth-order valence-corrected chi connectivity index (χ4v) is 2.85. The van der Waals surface area contributed by atoms with Crippen molar-refractivity contribution in [1.82, 2.24) is 20.6 Å². The lowest BCUT2D eigenvalue weighted by Gasteiger charge is -2.32. The number of amides is 2. The minimum absolute atomic E-state index is 0.0817. The van der Waals surface area contributed by atoms with Crippen molar-refractivity contribution in [3.63, 3.8) is 0 Å². The van der Waals surface area contributed by atoms with Gasteiger partial charge in [0.1, 0.15) is 6.10 Å². The van der Waals surface area contributed by atoms with Crippen LogP contribution in [0.3, 0.4) is 0 Å². The smallest absolute Gasteiger partial charge is 0.315 e. The molecule has 24 heavy (non-hydrogen) atoms. The van der Waals surface area contributed by atoms with Crippen LogP contribution in [-0.4, -0.2) is 28.6 Å². The molecule has 0 spiro atoms. The third kappa shape index (κ3) is 4.43. The first-order valence-electron chi connectivity index (χ1n) is 7.89. The van der Waals surface area contributed by atoms with Gasteiger partial charge in [0.25, 0.3) is 0 Å². The molecular formula is C17H19ClN4O2. The molecule has 1 saturated heterocycles. The maximum absolute atomic E-state index is 12.2. The van der Waals surface area contributed by atoms with Crippen LogP contribution in [0.25, 0.3) is 0 Å². The molecule has 0 bridgehead atoms. The molecule has 1 aromatic heterocycles. The van der Waals surface area contributed by atoms with E-state index in [1.807, 2.05) is 24.3 Å². The van der Waals surface area contributed by atoms with Gasteiger partial charge in [-0.3, -0.25) is 9.97 Å². The van der Waals surface area contributed by atoms with Gasteiger partial charge in [0.05, 0.1) is 24.5 Å². The number of hydrogen-bond donors (Lipinski definition) is 2. The van der Waals surface area contributed by atoms with E-state index in [0.717, 1.165) is 18.4 Å². The first-order valence-corrected chi connectivity index (χ1v) is 8.26. The second-order valence-corrected chi connectivity index (χ2v) is 6.05. The quantitative estimate of drug-likeness (QED) is 0.892. The highest BCUT2D eigenvalue weighted by molar-refractivity contribution is 6.30. The van der Waals surface area contributed by atoms with Crippen LogP contribution in [0.2, 0.25) is 5.02 Å². The van der Waals surface area contributed by atoms with Crippen molar-refractivity contribution in [2.45, 2.75) is 31.5 Å². The first-order chi connectivity index (χ1) is 11.7. The van der Waals surface area contributed by atoms with Crippen molar-refractivity contribution in [1.29, 1.82) is 0 Å². The Balaban J connectivity index is 1.59. The van der Waals surface area contributed by atoms with Crippen LogP contribution in [0.1, 0.15) is 30.2 Å². The van der Waals surface area contributed by atoms with Crippen molar-refractivity contribution < 1.29 is 9.53 Å². The van der Waals surface area contributed by atoms with E-state index in [9.17, 15) is 4.79 Å². The minimum atomic E-state index is -0.241. The van der Waals surface area contributed by atoms with E-state index in [-0.39, 0.29) is 18.2 Å². The van der Waals surface area contributed by atoms with E-state index in [0.29, 0.717) is 23.9 Å². The van der Waals surface area contributed by atoms with E-state index >= 15 is 0 Å². The summed E-state index contributed by atoms with van der Waals surface area (Å²) >= 11 is 5.94. The van der Waals surface area contributed by atoms with Gasteiger partial charge in [0.15, 0.2) is 0 Å². The van der Waals surface area contributed by atoms with E-state index in [1.165, 1.54) is 0 Å². The minimum Gasteiger partial charge on any atom is -0.371 e. The Hall–Kier alpha value is -2.18. The molecule has 0 radical (unpaired) electrons. The zero-order valence-electron chi connectivity index (χ0n) is 13.1. The fourth-order valence-electron chi connectivity index (χ4n) is 2.72. The van der Waals surface area contributed by atoms with E-state index in [1.54, 1.807) is 18.6 Å². The summed E-state index contributed by atoms with van der Waals surface area (Å²) in [4.78, 5) is 20.3. The molecule has 0 aliphatic carbocycles. The number of halogens is 1. The van der Waals surface area contributed by atoms with Gasteiger partial charge in [-0.2, -0.15) is 0 Å².